The molecule has 1 aromatic heterocycles. The number of hydrogen-bond acceptors (Lipinski definition) is 5. The van der Waals surface area contributed by atoms with Gasteiger partial charge in [-0.3, -0.25) is 4.79 Å². The van der Waals surface area contributed by atoms with E-state index < -0.39 is 9.84 Å². The number of nitrogens with zero attached hydrogens (tertiary/aromatic N) is 1. The second-order valence-corrected chi connectivity index (χ2v) is 9.45. The molecule has 2 aromatic rings. The summed E-state index contributed by atoms with van der Waals surface area (Å²) >= 11 is 0. The van der Waals surface area contributed by atoms with Crippen LogP contribution < -0.4 is 4.74 Å². The second-order valence-electron chi connectivity index (χ2n) is 7.22. The molecule has 1 amide bonds. The van der Waals surface area contributed by atoms with Crippen LogP contribution in [-0.2, 0) is 27.5 Å². The van der Waals surface area contributed by atoms with E-state index in [1.54, 1.807) is 7.05 Å². The normalized spacial score (nSPS) is 21.5. The zero-order valence-corrected chi connectivity index (χ0v) is 15.7. The van der Waals surface area contributed by atoms with Crippen LogP contribution in [0.25, 0.3) is 11.0 Å². The molecule has 1 aromatic carbocycles. The van der Waals surface area contributed by atoms with Crippen molar-refractivity contribution in [1.82, 2.24) is 4.90 Å². The van der Waals surface area contributed by atoms with Gasteiger partial charge >= 0.3 is 0 Å². The molecule has 26 heavy (non-hydrogen) atoms. The van der Waals surface area contributed by atoms with Gasteiger partial charge in [-0.15, -0.1) is 0 Å². The zero-order chi connectivity index (χ0) is 18.3. The van der Waals surface area contributed by atoms with Crippen LogP contribution in [0.1, 0.15) is 30.6 Å². The number of aryl methyl sites for hydroxylation is 2. The average Bonchev–Trinajstić information content (AvgIpc) is 3.18. The molecule has 2 heterocycles. The number of hydrogen-bond donors (Lipinski definition) is 0. The monoisotopic (exact) mass is 377 g/mol. The highest BCUT2D eigenvalue weighted by Crippen LogP contribution is 2.34. The van der Waals surface area contributed by atoms with Crippen LogP contribution in [0.5, 0.6) is 5.75 Å². The van der Waals surface area contributed by atoms with Crippen molar-refractivity contribution in [3.8, 4) is 5.75 Å². The highest BCUT2D eigenvalue weighted by atomic mass is 32.2. The summed E-state index contributed by atoms with van der Waals surface area (Å²) < 4.78 is 34.8. The highest BCUT2D eigenvalue weighted by molar-refractivity contribution is 7.91. The van der Waals surface area contributed by atoms with Gasteiger partial charge in [0, 0.05) is 30.5 Å². The Hall–Kier alpha value is -2.02. The maximum absolute atomic E-state index is 12.3. The first-order valence-electron chi connectivity index (χ1n) is 9.06. The largest absolute Gasteiger partial charge is 0.484 e. The molecule has 0 spiro atoms. The fraction of sp³-hybridized carbons (Fsp3) is 0.526. The number of amides is 1. The number of furan rings is 1. The molecule has 0 bridgehead atoms. The Balaban J connectivity index is 1.43. The molecular formula is C19H23NO5S. The summed E-state index contributed by atoms with van der Waals surface area (Å²) in [5, 5.41) is 1.07. The molecule has 2 aliphatic rings. The van der Waals surface area contributed by atoms with Crippen LogP contribution in [-0.4, -0.2) is 50.4 Å². The van der Waals surface area contributed by atoms with Gasteiger partial charge in [-0.2, -0.15) is 0 Å². The molecule has 1 atom stereocenters. The van der Waals surface area contributed by atoms with Crippen molar-refractivity contribution in [2.45, 2.75) is 38.1 Å². The van der Waals surface area contributed by atoms with Gasteiger partial charge in [0.2, 0.25) is 0 Å². The summed E-state index contributed by atoms with van der Waals surface area (Å²) in [7, 11) is -1.37. The molecule has 1 aliphatic carbocycles. The number of rotatable bonds is 4. The van der Waals surface area contributed by atoms with Gasteiger partial charge in [0.15, 0.2) is 16.4 Å². The minimum atomic E-state index is -3.01. The predicted molar refractivity (Wildman–Crippen MR) is 98.2 cm³/mol. The third-order valence-electron chi connectivity index (χ3n) is 5.44. The van der Waals surface area contributed by atoms with E-state index in [-0.39, 0.29) is 30.1 Å². The molecule has 0 unspecified atom stereocenters. The highest BCUT2D eigenvalue weighted by Gasteiger charge is 2.32. The maximum Gasteiger partial charge on any atom is 0.260 e. The number of carbonyl (C=O) groups excluding carboxylic acids is 1. The molecule has 0 saturated carbocycles. The van der Waals surface area contributed by atoms with E-state index in [1.165, 1.54) is 16.9 Å². The van der Waals surface area contributed by atoms with E-state index in [0.29, 0.717) is 12.2 Å². The number of carbonyl (C=O) groups is 1. The van der Waals surface area contributed by atoms with E-state index in [2.05, 4.69) is 0 Å². The van der Waals surface area contributed by atoms with Crippen molar-refractivity contribution < 1.29 is 22.4 Å². The Kier molecular flexibility index (Phi) is 4.42. The van der Waals surface area contributed by atoms with E-state index in [1.807, 2.05) is 18.2 Å². The number of benzene rings is 1. The fourth-order valence-corrected chi connectivity index (χ4v) is 5.64. The topological polar surface area (TPSA) is 76.8 Å². The second kappa shape index (κ2) is 6.61. The van der Waals surface area contributed by atoms with E-state index in [9.17, 15) is 13.2 Å². The van der Waals surface area contributed by atoms with Gasteiger partial charge in [0.25, 0.3) is 5.91 Å². The van der Waals surface area contributed by atoms with Gasteiger partial charge in [-0.1, -0.05) is 0 Å². The van der Waals surface area contributed by atoms with Crippen LogP contribution in [0.2, 0.25) is 0 Å². The van der Waals surface area contributed by atoms with Gasteiger partial charge in [0.05, 0.1) is 11.5 Å². The van der Waals surface area contributed by atoms with Crippen molar-refractivity contribution in [2.75, 3.05) is 25.2 Å². The van der Waals surface area contributed by atoms with Crippen LogP contribution in [0.3, 0.4) is 0 Å². The number of sulfone groups is 1. The quantitative estimate of drug-likeness (QED) is 0.817. The zero-order valence-electron chi connectivity index (χ0n) is 14.9. The first kappa shape index (κ1) is 17.4. The fourth-order valence-electron chi connectivity index (χ4n) is 3.86. The molecule has 0 radical (unpaired) electrons. The third kappa shape index (κ3) is 3.32. The Morgan fingerprint density at radius 1 is 1.31 bits per heavy atom. The molecule has 7 heteroatoms. The standard InChI is InChI=1S/C19H23NO5S/c1-20(13-8-9-26(22,23)12-13)19(21)11-24-14-6-7-18-16(10-14)15-4-2-3-5-17(15)25-18/h6-7,10,13H,2-5,8-9,11-12H2,1H3/t13-/m0/s1. The maximum atomic E-state index is 12.3. The summed E-state index contributed by atoms with van der Waals surface area (Å²) in [6, 6.07) is 5.39. The number of fused-ring (bicyclic) bond motifs is 3. The Morgan fingerprint density at radius 3 is 2.88 bits per heavy atom. The number of likely N-dealkylation sites (N-methyl/N-ethyl adjacent to an activating group) is 1. The summed E-state index contributed by atoms with van der Waals surface area (Å²) in [5.74, 6) is 1.69. The lowest BCUT2D eigenvalue weighted by Gasteiger charge is -2.23. The minimum absolute atomic E-state index is 0.0440. The minimum Gasteiger partial charge on any atom is -0.484 e. The van der Waals surface area contributed by atoms with Crippen LogP contribution >= 0.6 is 0 Å². The third-order valence-corrected chi connectivity index (χ3v) is 7.19. The molecule has 1 aliphatic heterocycles. The van der Waals surface area contributed by atoms with Crippen LogP contribution in [0, 0.1) is 0 Å². The van der Waals surface area contributed by atoms with E-state index >= 15 is 0 Å². The summed E-state index contributed by atoms with van der Waals surface area (Å²) in [5.41, 5.74) is 2.13. The summed E-state index contributed by atoms with van der Waals surface area (Å²) in [6.45, 7) is -0.0986. The lowest BCUT2D eigenvalue weighted by atomic mass is 9.96. The van der Waals surface area contributed by atoms with E-state index in [0.717, 1.165) is 36.0 Å². The summed E-state index contributed by atoms with van der Waals surface area (Å²) in [6.07, 6.45) is 4.82. The van der Waals surface area contributed by atoms with E-state index in [4.69, 9.17) is 9.15 Å². The molecule has 4 rings (SSSR count). The van der Waals surface area contributed by atoms with Crippen molar-refractivity contribution in [3.05, 3.63) is 29.5 Å². The molecule has 1 saturated heterocycles. The first-order chi connectivity index (χ1) is 12.4. The lowest BCUT2D eigenvalue weighted by Crippen LogP contribution is -2.40. The summed E-state index contributed by atoms with van der Waals surface area (Å²) in [4.78, 5) is 13.9. The van der Waals surface area contributed by atoms with Crippen molar-refractivity contribution >= 4 is 26.7 Å². The SMILES string of the molecule is CN(C(=O)COc1ccc2oc3c(c2c1)CCCC3)[C@H]1CCS(=O)(=O)C1. The predicted octanol–water partition coefficient (Wildman–Crippen LogP) is 2.34. The first-order valence-corrected chi connectivity index (χ1v) is 10.9. The Morgan fingerprint density at radius 2 is 2.12 bits per heavy atom. The lowest BCUT2D eigenvalue weighted by molar-refractivity contribution is -0.133. The van der Waals surface area contributed by atoms with Gasteiger partial charge in [-0.05, 0) is 43.9 Å². The molecule has 1 fully saturated rings. The molecule has 0 N–H and O–H groups in total. The Labute approximate surface area is 153 Å². The average molecular weight is 377 g/mol. The van der Waals surface area contributed by atoms with Crippen molar-refractivity contribution in [1.29, 1.82) is 0 Å². The van der Waals surface area contributed by atoms with Crippen LogP contribution in [0.15, 0.2) is 22.6 Å². The van der Waals surface area contributed by atoms with Crippen molar-refractivity contribution in [3.63, 3.8) is 0 Å². The van der Waals surface area contributed by atoms with Gasteiger partial charge in [0.1, 0.15) is 17.1 Å². The Bertz CT molecular complexity index is 946. The van der Waals surface area contributed by atoms with Gasteiger partial charge in [-0.25, -0.2) is 8.42 Å². The molecule has 140 valence electrons. The van der Waals surface area contributed by atoms with Crippen LogP contribution in [0.4, 0.5) is 0 Å². The smallest absolute Gasteiger partial charge is 0.260 e. The molecular weight excluding hydrogens is 354 g/mol. The van der Waals surface area contributed by atoms with Gasteiger partial charge < -0.3 is 14.1 Å². The van der Waals surface area contributed by atoms with Crippen molar-refractivity contribution in [2.24, 2.45) is 0 Å². The molecule has 6 nitrogen and oxygen atoms in total. The number of ether oxygens (including phenoxy) is 1.